The van der Waals surface area contributed by atoms with E-state index in [0.29, 0.717) is 47.4 Å². The molecule has 3 rings (SSSR count). The second-order valence-electron chi connectivity index (χ2n) is 5.88. The number of aliphatic hydroxyl groups is 1. The number of hydrogen-bond acceptors (Lipinski definition) is 4. The quantitative estimate of drug-likeness (QED) is 0.783. The zero-order valence-electron chi connectivity index (χ0n) is 13.5. The van der Waals surface area contributed by atoms with Gasteiger partial charge in [-0.2, -0.15) is 0 Å². The van der Waals surface area contributed by atoms with Crippen LogP contribution in [0.3, 0.4) is 0 Å². The summed E-state index contributed by atoms with van der Waals surface area (Å²) in [4.78, 5) is 19.6. The van der Waals surface area contributed by atoms with Crippen LogP contribution < -0.4 is 0 Å². The molecule has 1 amide bonds. The molecule has 132 valence electrons. The lowest BCUT2D eigenvalue weighted by Crippen LogP contribution is -2.40. The molecule has 1 aliphatic rings. The van der Waals surface area contributed by atoms with Crippen molar-refractivity contribution in [3.05, 3.63) is 57.8 Å². The van der Waals surface area contributed by atoms with E-state index < -0.39 is 0 Å². The van der Waals surface area contributed by atoms with Crippen LogP contribution >= 0.6 is 35.0 Å². The maximum absolute atomic E-state index is 12.6. The van der Waals surface area contributed by atoms with Crippen molar-refractivity contribution in [1.82, 2.24) is 9.88 Å². The number of hydrogen-bond donors (Lipinski definition) is 1. The van der Waals surface area contributed by atoms with E-state index in [1.165, 1.54) is 11.8 Å². The second-order valence-corrected chi connectivity index (χ2v) is 7.68. The van der Waals surface area contributed by atoms with Crippen molar-refractivity contribution < 1.29 is 9.90 Å². The van der Waals surface area contributed by atoms with Gasteiger partial charge in [-0.3, -0.25) is 4.79 Å². The third-order valence-corrected chi connectivity index (χ3v) is 6.08. The highest BCUT2D eigenvalue weighted by Gasteiger charge is 2.23. The van der Waals surface area contributed by atoms with E-state index in [-0.39, 0.29) is 12.0 Å². The second kappa shape index (κ2) is 8.41. The minimum atomic E-state index is -0.305. The number of carbonyl (C=O) groups excluding carboxylic acids is 1. The third-order valence-electron chi connectivity index (χ3n) is 4.06. The third kappa shape index (κ3) is 4.67. The van der Waals surface area contributed by atoms with Crippen molar-refractivity contribution in [3.8, 4) is 0 Å². The highest BCUT2D eigenvalue weighted by molar-refractivity contribution is 7.98. The first-order valence-electron chi connectivity index (χ1n) is 8.04. The largest absolute Gasteiger partial charge is 0.393 e. The van der Waals surface area contributed by atoms with Gasteiger partial charge in [0.05, 0.1) is 21.8 Å². The molecule has 0 unspecified atom stereocenters. The van der Waals surface area contributed by atoms with Crippen LogP contribution in [0, 0.1) is 0 Å². The molecule has 25 heavy (non-hydrogen) atoms. The lowest BCUT2D eigenvalue weighted by Gasteiger charge is -2.29. The fourth-order valence-corrected chi connectivity index (χ4v) is 4.27. The molecule has 2 heterocycles. The topological polar surface area (TPSA) is 53.4 Å². The molecule has 2 aromatic rings. The minimum Gasteiger partial charge on any atom is -0.393 e. The predicted octanol–water partition coefficient (Wildman–Crippen LogP) is 4.28. The first-order chi connectivity index (χ1) is 12.0. The molecule has 0 bridgehead atoms. The van der Waals surface area contributed by atoms with Crippen LogP contribution in [-0.2, 0) is 5.75 Å². The van der Waals surface area contributed by atoms with Crippen LogP contribution in [0.2, 0.25) is 10.0 Å². The van der Waals surface area contributed by atoms with Gasteiger partial charge in [0.1, 0.15) is 5.69 Å². The maximum Gasteiger partial charge on any atom is 0.272 e. The van der Waals surface area contributed by atoms with Gasteiger partial charge < -0.3 is 10.0 Å². The first kappa shape index (κ1) is 18.5. The van der Waals surface area contributed by atoms with Crippen molar-refractivity contribution in [2.45, 2.75) is 29.6 Å². The molecule has 1 aromatic carbocycles. The Hall–Kier alpha value is -1.27. The summed E-state index contributed by atoms with van der Waals surface area (Å²) in [5.74, 6) is 0.484. The SMILES string of the molecule is O=C(c1cccc(CSc2c(Cl)cccc2Cl)n1)N1CCC(O)CC1. The van der Waals surface area contributed by atoms with Gasteiger partial charge in [-0.1, -0.05) is 35.3 Å². The van der Waals surface area contributed by atoms with Gasteiger partial charge in [0, 0.05) is 23.7 Å². The summed E-state index contributed by atoms with van der Waals surface area (Å²) in [5.41, 5.74) is 1.23. The summed E-state index contributed by atoms with van der Waals surface area (Å²) in [6.45, 7) is 1.13. The van der Waals surface area contributed by atoms with Crippen LogP contribution in [0.4, 0.5) is 0 Å². The van der Waals surface area contributed by atoms with Gasteiger partial charge in [0.25, 0.3) is 5.91 Å². The summed E-state index contributed by atoms with van der Waals surface area (Å²) < 4.78 is 0. The van der Waals surface area contributed by atoms with Crippen LogP contribution in [0.25, 0.3) is 0 Å². The van der Waals surface area contributed by atoms with Crippen LogP contribution in [0.5, 0.6) is 0 Å². The number of pyridine rings is 1. The molecule has 1 aliphatic heterocycles. The molecule has 7 heteroatoms. The number of thioether (sulfide) groups is 1. The molecular weight excluding hydrogens is 379 g/mol. The molecule has 0 spiro atoms. The van der Waals surface area contributed by atoms with Crippen molar-refractivity contribution in [1.29, 1.82) is 0 Å². The normalized spacial score (nSPS) is 15.4. The Labute approximate surface area is 161 Å². The van der Waals surface area contributed by atoms with E-state index in [1.807, 2.05) is 18.2 Å². The molecule has 4 nitrogen and oxygen atoms in total. The summed E-state index contributed by atoms with van der Waals surface area (Å²) in [7, 11) is 0. The van der Waals surface area contributed by atoms with E-state index in [9.17, 15) is 9.90 Å². The Morgan fingerprint density at radius 3 is 2.48 bits per heavy atom. The molecule has 0 atom stereocenters. The zero-order chi connectivity index (χ0) is 17.8. The number of aromatic nitrogens is 1. The molecule has 1 saturated heterocycles. The molecule has 1 N–H and O–H groups in total. The van der Waals surface area contributed by atoms with Crippen LogP contribution in [0.15, 0.2) is 41.3 Å². The van der Waals surface area contributed by atoms with Crippen LogP contribution in [0.1, 0.15) is 29.0 Å². The lowest BCUT2D eigenvalue weighted by molar-refractivity contribution is 0.0541. The molecular formula is C18H18Cl2N2O2S. The highest BCUT2D eigenvalue weighted by atomic mass is 35.5. The van der Waals surface area contributed by atoms with Crippen molar-refractivity contribution >= 4 is 40.9 Å². The number of halogens is 2. The summed E-state index contributed by atoms with van der Waals surface area (Å²) in [6, 6.07) is 10.9. The van der Waals surface area contributed by atoms with E-state index in [1.54, 1.807) is 23.1 Å². The molecule has 0 radical (unpaired) electrons. The predicted molar refractivity (Wildman–Crippen MR) is 101 cm³/mol. The van der Waals surface area contributed by atoms with Gasteiger partial charge in [0.2, 0.25) is 0 Å². The number of likely N-dealkylation sites (tertiary alicyclic amines) is 1. The zero-order valence-corrected chi connectivity index (χ0v) is 15.8. The molecule has 0 aliphatic carbocycles. The Kier molecular flexibility index (Phi) is 6.23. The van der Waals surface area contributed by atoms with Gasteiger partial charge in [0.15, 0.2) is 0 Å². The lowest BCUT2D eigenvalue weighted by atomic mass is 10.1. The monoisotopic (exact) mass is 396 g/mol. The van der Waals surface area contributed by atoms with Gasteiger partial charge in [-0.05, 0) is 37.1 Å². The number of carbonyl (C=O) groups is 1. The number of aliphatic hydroxyl groups excluding tert-OH is 1. The maximum atomic E-state index is 12.6. The Morgan fingerprint density at radius 2 is 1.80 bits per heavy atom. The van der Waals surface area contributed by atoms with E-state index >= 15 is 0 Å². The standard InChI is InChI=1S/C18H18Cl2N2O2S/c19-14-4-2-5-15(20)17(14)25-11-12-3-1-6-16(21-12)18(24)22-9-7-13(23)8-10-22/h1-6,13,23H,7-11H2. The number of benzene rings is 1. The highest BCUT2D eigenvalue weighted by Crippen LogP contribution is 2.35. The fraction of sp³-hybridized carbons (Fsp3) is 0.333. The average Bonchev–Trinajstić information content (AvgIpc) is 2.62. The Bertz CT molecular complexity index is 744. The smallest absolute Gasteiger partial charge is 0.272 e. The van der Waals surface area contributed by atoms with Gasteiger partial charge in [-0.15, -0.1) is 11.8 Å². The Balaban J connectivity index is 1.68. The number of nitrogens with zero attached hydrogens (tertiary/aromatic N) is 2. The first-order valence-corrected chi connectivity index (χ1v) is 9.79. The number of amides is 1. The summed E-state index contributed by atoms with van der Waals surface area (Å²) in [6.07, 6.45) is 0.929. The van der Waals surface area contributed by atoms with Crippen molar-refractivity contribution in [2.75, 3.05) is 13.1 Å². The van der Waals surface area contributed by atoms with Crippen molar-refractivity contribution in [3.63, 3.8) is 0 Å². The number of rotatable bonds is 4. The minimum absolute atomic E-state index is 0.0884. The molecule has 0 saturated carbocycles. The summed E-state index contributed by atoms with van der Waals surface area (Å²) >= 11 is 13.9. The summed E-state index contributed by atoms with van der Waals surface area (Å²) in [5, 5.41) is 10.8. The van der Waals surface area contributed by atoms with Crippen molar-refractivity contribution in [2.24, 2.45) is 0 Å². The van der Waals surface area contributed by atoms with E-state index in [0.717, 1.165) is 10.6 Å². The van der Waals surface area contributed by atoms with Gasteiger partial charge >= 0.3 is 0 Å². The Morgan fingerprint density at radius 1 is 1.16 bits per heavy atom. The van der Waals surface area contributed by atoms with Gasteiger partial charge in [-0.25, -0.2) is 4.98 Å². The molecule has 1 aromatic heterocycles. The molecule has 1 fully saturated rings. The van der Waals surface area contributed by atoms with E-state index in [4.69, 9.17) is 23.2 Å². The van der Waals surface area contributed by atoms with E-state index in [2.05, 4.69) is 4.98 Å². The average molecular weight is 397 g/mol. The fourth-order valence-electron chi connectivity index (χ4n) is 2.68. The van der Waals surface area contributed by atoms with Crippen LogP contribution in [-0.4, -0.2) is 40.1 Å². The number of piperidine rings is 1.